The summed E-state index contributed by atoms with van der Waals surface area (Å²) in [6.07, 6.45) is 1.22. The largest absolute Gasteiger partial charge is 0.478 e. The molecule has 21 heavy (non-hydrogen) atoms. The van der Waals surface area contributed by atoms with Crippen molar-refractivity contribution in [3.63, 3.8) is 0 Å². The number of sulfonamides is 1. The number of nitrogens with one attached hydrogen (secondary N) is 2. The van der Waals surface area contributed by atoms with Gasteiger partial charge in [-0.15, -0.1) is 0 Å². The number of H-pyrrole nitrogens is 1. The number of aryl methyl sites for hydroxylation is 1. The Kier molecular flexibility index (Phi) is 3.93. The van der Waals surface area contributed by atoms with Crippen molar-refractivity contribution in [2.24, 2.45) is 0 Å². The standard InChI is InChI=1S/C12H10ClFN2O4S/c1-6-11(12(17)18)10(5-15-6)16-21(19,20)7-2-3-9(14)8(13)4-7/h2-5,15-16H,1H3,(H,17,18). The Balaban J connectivity index is 2.42. The molecular weight excluding hydrogens is 323 g/mol. The molecule has 112 valence electrons. The first-order valence-electron chi connectivity index (χ1n) is 5.61. The predicted octanol–water partition coefficient (Wildman–Crippen LogP) is 2.61. The first kappa shape index (κ1) is 15.3. The minimum Gasteiger partial charge on any atom is -0.478 e. The van der Waals surface area contributed by atoms with E-state index in [2.05, 4.69) is 9.71 Å². The molecule has 0 saturated carbocycles. The Morgan fingerprint density at radius 1 is 1.43 bits per heavy atom. The lowest BCUT2D eigenvalue weighted by Gasteiger charge is -2.08. The average Bonchev–Trinajstić information content (AvgIpc) is 2.73. The molecule has 0 saturated heterocycles. The van der Waals surface area contributed by atoms with Crippen molar-refractivity contribution in [2.45, 2.75) is 11.8 Å². The molecule has 1 heterocycles. The van der Waals surface area contributed by atoms with Gasteiger partial charge in [0.05, 0.1) is 15.6 Å². The smallest absolute Gasteiger partial charge is 0.339 e. The number of hydrogen-bond acceptors (Lipinski definition) is 3. The lowest BCUT2D eigenvalue weighted by Crippen LogP contribution is -2.15. The summed E-state index contributed by atoms with van der Waals surface area (Å²) in [6.45, 7) is 1.50. The van der Waals surface area contributed by atoms with Crippen LogP contribution in [0.15, 0.2) is 29.3 Å². The van der Waals surface area contributed by atoms with E-state index in [1.54, 1.807) is 0 Å². The number of benzene rings is 1. The fourth-order valence-electron chi connectivity index (χ4n) is 1.73. The van der Waals surface area contributed by atoms with Gasteiger partial charge in [0, 0.05) is 11.9 Å². The van der Waals surface area contributed by atoms with E-state index in [0.29, 0.717) is 5.69 Å². The zero-order valence-electron chi connectivity index (χ0n) is 10.6. The molecule has 0 spiro atoms. The van der Waals surface area contributed by atoms with Gasteiger partial charge in [-0.05, 0) is 25.1 Å². The van der Waals surface area contributed by atoms with Gasteiger partial charge in [0.2, 0.25) is 0 Å². The molecule has 0 atom stereocenters. The topological polar surface area (TPSA) is 99.3 Å². The zero-order chi connectivity index (χ0) is 15.8. The second-order valence-corrected chi connectivity index (χ2v) is 6.28. The van der Waals surface area contributed by atoms with Crippen LogP contribution in [0.1, 0.15) is 16.1 Å². The summed E-state index contributed by atoms with van der Waals surface area (Å²) in [5.74, 6) is -2.03. The lowest BCUT2D eigenvalue weighted by atomic mass is 10.2. The molecule has 0 bridgehead atoms. The number of carboxylic acids is 1. The summed E-state index contributed by atoms with van der Waals surface area (Å²) in [6, 6.07) is 2.89. The normalized spacial score (nSPS) is 11.4. The number of rotatable bonds is 4. The van der Waals surface area contributed by atoms with Gasteiger partial charge in [-0.2, -0.15) is 0 Å². The van der Waals surface area contributed by atoms with Crippen molar-refractivity contribution in [3.05, 3.63) is 46.5 Å². The summed E-state index contributed by atoms with van der Waals surface area (Å²) in [5, 5.41) is 8.71. The maximum atomic E-state index is 13.1. The van der Waals surface area contributed by atoms with E-state index in [9.17, 15) is 17.6 Å². The third-order valence-corrected chi connectivity index (χ3v) is 4.39. The molecule has 0 aliphatic rings. The Morgan fingerprint density at radius 3 is 2.67 bits per heavy atom. The summed E-state index contributed by atoms with van der Waals surface area (Å²) < 4.78 is 39.5. The van der Waals surface area contributed by atoms with Crippen LogP contribution in [0.4, 0.5) is 10.1 Å². The van der Waals surface area contributed by atoms with Gasteiger partial charge >= 0.3 is 5.97 Å². The van der Waals surface area contributed by atoms with Gasteiger partial charge in [-0.3, -0.25) is 4.72 Å². The molecule has 0 amide bonds. The third-order valence-electron chi connectivity index (χ3n) is 2.74. The Morgan fingerprint density at radius 2 is 2.10 bits per heavy atom. The lowest BCUT2D eigenvalue weighted by molar-refractivity contribution is 0.0697. The van der Waals surface area contributed by atoms with E-state index in [0.717, 1.165) is 18.2 Å². The van der Waals surface area contributed by atoms with Crippen LogP contribution in [-0.2, 0) is 10.0 Å². The Bertz CT molecular complexity index is 817. The van der Waals surface area contributed by atoms with Gasteiger partial charge in [0.15, 0.2) is 0 Å². The summed E-state index contributed by atoms with van der Waals surface area (Å²) in [5.41, 5.74) is 0.00423. The van der Waals surface area contributed by atoms with Crippen LogP contribution in [0.5, 0.6) is 0 Å². The molecule has 0 aliphatic carbocycles. The van der Waals surface area contributed by atoms with Crippen molar-refractivity contribution in [3.8, 4) is 0 Å². The predicted molar refractivity (Wildman–Crippen MR) is 74.7 cm³/mol. The van der Waals surface area contributed by atoms with Crippen LogP contribution in [0.2, 0.25) is 5.02 Å². The van der Waals surface area contributed by atoms with Crippen molar-refractivity contribution < 1.29 is 22.7 Å². The summed E-state index contributed by atoms with van der Waals surface area (Å²) >= 11 is 5.54. The van der Waals surface area contributed by atoms with E-state index in [1.807, 2.05) is 0 Å². The molecule has 0 aliphatic heterocycles. The molecule has 2 rings (SSSR count). The van der Waals surface area contributed by atoms with Gasteiger partial charge < -0.3 is 10.1 Å². The highest BCUT2D eigenvalue weighted by molar-refractivity contribution is 7.92. The van der Waals surface area contributed by atoms with Gasteiger partial charge in [0.25, 0.3) is 10.0 Å². The first-order chi connectivity index (χ1) is 9.72. The van der Waals surface area contributed by atoms with Gasteiger partial charge in [0.1, 0.15) is 11.4 Å². The molecule has 0 unspecified atom stereocenters. The number of anilines is 1. The number of halogens is 2. The van der Waals surface area contributed by atoms with Gasteiger partial charge in [-0.25, -0.2) is 17.6 Å². The molecule has 1 aromatic heterocycles. The highest BCUT2D eigenvalue weighted by atomic mass is 35.5. The molecule has 3 N–H and O–H groups in total. The van der Waals surface area contributed by atoms with Crippen LogP contribution in [0, 0.1) is 12.7 Å². The van der Waals surface area contributed by atoms with Crippen molar-refractivity contribution >= 4 is 33.3 Å². The minimum absolute atomic E-state index is 0.111. The second kappa shape index (κ2) is 5.38. The number of carbonyl (C=O) groups is 1. The van der Waals surface area contributed by atoms with Gasteiger partial charge in [-0.1, -0.05) is 11.6 Å². The highest BCUT2D eigenvalue weighted by Crippen LogP contribution is 2.25. The van der Waals surface area contributed by atoms with E-state index in [1.165, 1.54) is 13.1 Å². The molecule has 1 aromatic carbocycles. The SMILES string of the molecule is Cc1[nH]cc(NS(=O)(=O)c2ccc(F)c(Cl)c2)c1C(=O)O. The number of aromatic amines is 1. The highest BCUT2D eigenvalue weighted by Gasteiger charge is 2.22. The monoisotopic (exact) mass is 332 g/mol. The van der Waals surface area contributed by atoms with E-state index < -0.39 is 21.8 Å². The summed E-state index contributed by atoms with van der Waals surface area (Å²) in [4.78, 5) is 13.4. The minimum atomic E-state index is -4.08. The maximum absolute atomic E-state index is 13.1. The Labute approximate surface area is 124 Å². The van der Waals surface area contributed by atoms with Crippen LogP contribution in [0.3, 0.4) is 0 Å². The van der Waals surface area contributed by atoms with Crippen LogP contribution >= 0.6 is 11.6 Å². The average molecular weight is 333 g/mol. The third kappa shape index (κ3) is 3.01. The van der Waals surface area contributed by atoms with E-state index >= 15 is 0 Å². The molecule has 9 heteroatoms. The number of aromatic nitrogens is 1. The first-order valence-corrected chi connectivity index (χ1v) is 7.47. The quantitative estimate of drug-likeness (QED) is 0.801. The fraction of sp³-hybridized carbons (Fsp3) is 0.0833. The second-order valence-electron chi connectivity index (χ2n) is 4.19. The molecule has 0 fully saturated rings. The fourth-order valence-corrected chi connectivity index (χ4v) is 3.06. The molecule has 6 nitrogen and oxygen atoms in total. The van der Waals surface area contributed by atoms with Crippen LogP contribution in [0.25, 0.3) is 0 Å². The number of hydrogen-bond donors (Lipinski definition) is 3. The van der Waals surface area contributed by atoms with E-state index in [4.69, 9.17) is 16.7 Å². The van der Waals surface area contributed by atoms with Crippen molar-refractivity contribution in [2.75, 3.05) is 4.72 Å². The molecule has 0 radical (unpaired) electrons. The van der Waals surface area contributed by atoms with Crippen molar-refractivity contribution in [1.29, 1.82) is 0 Å². The Hall–Kier alpha value is -2.06. The number of carboxylic acid groups (broad SMARTS) is 1. The summed E-state index contributed by atoms with van der Waals surface area (Å²) in [7, 11) is -4.08. The molecule has 2 aromatic rings. The zero-order valence-corrected chi connectivity index (χ0v) is 12.2. The van der Waals surface area contributed by atoms with Crippen LogP contribution < -0.4 is 4.72 Å². The number of aromatic carboxylic acids is 1. The van der Waals surface area contributed by atoms with Crippen LogP contribution in [-0.4, -0.2) is 24.5 Å². The van der Waals surface area contributed by atoms with Crippen molar-refractivity contribution in [1.82, 2.24) is 4.98 Å². The maximum Gasteiger partial charge on any atom is 0.339 e. The van der Waals surface area contributed by atoms with E-state index in [-0.39, 0.29) is 21.2 Å². The molecular formula is C12H10ClFN2O4S.